The van der Waals surface area contributed by atoms with E-state index in [0.29, 0.717) is 6.04 Å². The second-order valence-electron chi connectivity index (χ2n) is 4.38. The maximum Gasteiger partial charge on any atom is 0.0943 e. The molecule has 1 atom stereocenters. The number of unbranched alkanes of at least 4 members (excludes halogenated alkanes) is 1. The van der Waals surface area contributed by atoms with E-state index in [1.54, 1.807) is 11.3 Å². The van der Waals surface area contributed by atoms with Crippen molar-refractivity contribution in [3.05, 3.63) is 16.1 Å². The van der Waals surface area contributed by atoms with E-state index in [9.17, 15) is 0 Å². The second kappa shape index (κ2) is 7.80. The zero-order valence-electron chi connectivity index (χ0n) is 10.8. The van der Waals surface area contributed by atoms with E-state index in [0.717, 1.165) is 18.7 Å². The second-order valence-corrected chi connectivity index (χ2v) is 5.32. The average molecular weight is 240 g/mol. The van der Waals surface area contributed by atoms with Gasteiger partial charge in [0, 0.05) is 23.5 Å². The minimum Gasteiger partial charge on any atom is -0.314 e. The number of hydrogen-bond acceptors (Lipinski definition) is 3. The lowest BCUT2D eigenvalue weighted by molar-refractivity contribution is 0.461. The predicted molar refractivity (Wildman–Crippen MR) is 72.2 cm³/mol. The molecule has 3 heteroatoms. The summed E-state index contributed by atoms with van der Waals surface area (Å²) in [6, 6.07) is 0.616. The first-order valence-electron chi connectivity index (χ1n) is 6.40. The molecular formula is C13H24N2S. The molecule has 0 aliphatic carbocycles. The van der Waals surface area contributed by atoms with Crippen LogP contribution in [-0.2, 0) is 6.42 Å². The molecule has 1 heterocycles. The third kappa shape index (κ3) is 5.08. The molecule has 0 aromatic carbocycles. The molecule has 1 rings (SSSR count). The van der Waals surface area contributed by atoms with Gasteiger partial charge in [0.25, 0.3) is 0 Å². The normalized spacial score (nSPS) is 12.9. The maximum atomic E-state index is 4.55. The summed E-state index contributed by atoms with van der Waals surface area (Å²) in [6.07, 6.45) is 6.17. The zero-order chi connectivity index (χ0) is 11.8. The fourth-order valence-electron chi connectivity index (χ4n) is 1.78. The quantitative estimate of drug-likeness (QED) is 0.751. The SMILES string of the molecule is CCCCC(Cc1nc(C)cs1)NCCC. The summed E-state index contributed by atoms with van der Waals surface area (Å²) in [6.45, 7) is 7.67. The average Bonchev–Trinajstić information content (AvgIpc) is 2.68. The van der Waals surface area contributed by atoms with E-state index in [1.165, 1.54) is 30.7 Å². The molecule has 1 unspecified atom stereocenters. The Kier molecular flexibility index (Phi) is 6.65. The Morgan fingerprint density at radius 1 is 1.38 bits per heavy atom. The van der Waals surface area contributed by atoms with Crippen molar-refractivity contribution in [2.24, 2.45) is 0 Å². The summed E-state index contributed by atoms with van der Waals surface area (Å²) in [7, 11) is 0. The van der Waals surface area contributed by atoms with Gasteiger partial charge in [0.1, 0.15) is 0 Å². The Hall–Kier alpha value is -0.410. The highest BCUT2D eigenvalue weighted by atomic mass is 32.1. The van der Waals surface area contributed by atoms with Crippen LogP contribution in [-0.4, -0.2) is 17.6 Å². The monoisotopic (exact) mass is 240 g/mol. The van der Waals surface area contributed by atoms with Gasteiger partial charge in [-0.15, -0.1) is 11.3 Å². The molecule has 0 saturated heterocycles. The molecule has 92 valence electrons. The van der Waals surface area contributed by atoms with Crippen LogP contribution in [0, 0.1) is 6.92 Å². The van der Waals surface area contributed by atoms with Gasteiger partial charge in [-0.2, -0.15) is 0 Å². The van der Waals surface area contributed by atoms with Gasteiger partial charge in [0.15, 0.2) is 0 Å². The fourth-order valence-corrected chi connectivity index (χ4v) is 2.64. The van der Waals surface area contributed by atoms with Crippen LogP contribution >= 0.6 is 11.3 Å². The molecule has 0 aliphatic heterocycles. The number of aryl methyl sites for hydroxylation is 1. The van der Waals surface area contributed by atoms with Crippen LogP contribution in [0.2, 0.25) is 0 Å². The van der Waals surface area contributed by atoms with Gasteiger partial charge in [-0.1, -0.05) is 26.7 Å². The molecule has 1 aromatic rings. The molecule has 1 aromatic heterocycles. The molecule has 0 saturated carbocycles. The first kappa shape index (κ1) is 13.7. The lowest BCUT2D eigenvalue weighted by Gasteiger charge is -2.16. The van der Waals surface area contributed by atoms with E-state index >= 15 is 0 Å². The Bertz CT molecular complexity index is 275. The van der Waals surface area contributed by atoms with Crippen molar-refractivity contribution in [2.75, 3.05) is 6.54 Å². The summed E-state index contributed by atoms with van der Waals surface area (Å²) in [4.78, 5) is 4.55. The molecule has 2 nitrogen and oxygen atoms in total. The Morgan fingerprint density at radius 3 is 2.75 bits per heavy atom. The molecule has 0 spiro atoms. The topological polar surface area (TPSA) is 24.9 Å². The van der Waals surface area contributed by atoms with E-state index in [-0.39, 0.29) is 0 Å². The zero-order valence-corrected chi connectivity index (χ0v) is 11.6. The first-order chi connectivity index (χ1) is 7.76. The van der Waals surface area contributed by atoms with Crippen LogP contribution in [0.25, 0.3) is 0 Å². The van der Waals surface area contributed by atoms with Crippen molar-refractivity contribution in [3.63, 3.8) is 0 Å². The minimum absolute atomic E-state index is 0.616. The summed E-state index contributed by atoms with van der Waals surface area (Å²) in [5, 5.41) is 7.05. The van der Waals surface area contributed by atoms with Crippen molar-refractivity contribution in [1.29, 1.82) is 0 Å². The third-order valence-electron chi connectivity index (χ3n) is 2.68. The van der Waals surface area contributed by atoms with Crippen molar-refractivity contribution in [3.8, 4) is 0 Å². The molecule has 0 aliphatic rings. The molecule has 1 N–H and O–H groups in total. The van der Waals surface area contributed by atoms with Crippen molar-refractivity contribution in [2.45, 2.75) is 58.9 Å². The van der Waals surface area contributed by atoms with Gasteiger partial charge in [-0.05, 0) is 26.3 Å². The van der Waals surface area contributed by atoms with Gasteiger partial charge in [0.05, 0.1) is 5.01 Å². The Balaban J connectivity index is 2.41. The van der Waals surface area contributed by atoms with Crippen LogP contribution in [0.15, 0.2) is 5.38 Å². The smallest absolute Gasteiger partial charge is 0.0943 e. The van der Waals surface area contributed by atoms with Gasteiger partial charge in [-0.25, -0.2) is 4.98 Å². The highest BCUT2D eigenvalue weighted by molar-refractivity contribution is 7.09. The molecule has 0 fully saturated rings. The molecule has 16 heavy (non-hydrogen) atoms. The lowest BCUT2D eigenvalue weighted by Crippen LogP contribution is -2.31. The summed E-state index contributed by atoms with van der Waals surface area (Å²) >= 11 is 1.79. The van der Waals surface area contributed by atoms with E-state index in [4.69, 9.17) is 0 Å². The molecule has 0 bridgehead atoms. The number of nitrogens with one attached hydrogen (secondary N) is 1. The maximum absolute atomic E-state index is 4.55. The van der Waals surface area contributed by atoms with Crippen molar-refractivity contribution < 1.29 is 0 Å². The molecular weight excluding hydrogens is 216 g/mol. The van der Waals surface area contributed by atoms with Crippen LogP contribution in [0.4, 0.5) is 0 Å². The van der Waals surface area contributed by atoms with Crippen molar-refractivity contribution >= 4 is 11.3 Å². The van der Waals surface area contributed by atoms with E-state index in [1.807, 2.05) is 0 Å². The summed E-state index contributed by atoms with van der Waals surface area (Å²) in [5.41, 5.74) is 1.16. The molecule has 0 amide bonds. The highest BCUT2D eigenvalue weighted by Gasteiger charge is 2.10. The Morgan fingerprint density at radius 2 is 2.19 bits per heavy atom. The lowest BCUT2D eigenvalue weighted by atomic mass is 10.1. The predicted octanol–water partition coefficient (Wildman–Crippen LogP) is 3.55. The number of aromatic nitrogens is 1. The van der Waals surface area contributed by atoms with Crippen LogP contribution in [0.5, 0.6) is 0 Å². The fraction of sp³-hybridized carbons (Fsp3) is 0.769. The number of nitrogens with zero attached hydrogens (tertiary/aromatic N) is 1. The van der Waals surface area contributed by atoms with Gasteiger partial charge >= 0.3 is 0 Å². The number of rotatable bonds is 8. The number of thiazole rings is 1. The Labute approximate surface area is 103 Å². The standard InChI is InChI=1S/C13H24N2S/c1-4-6-7-12(14-8-5-2)9-13-15-11(3)10-16-13/h10,12,14H,4-9H2,1-3H3. The van der Waals surface area contributed by atoms with Gasteiger partial charge in [0.2, 0.25) is 0 Å². The first-order valence-corrected chi connectivity index (χ1v) is 7.28. The third-order valence-corrected chi connectivity index (χ3v) is 3.67. The van der Waals surface area contributed by atoms with Crippen LogP contribution < -0.4 is 5.32 Å². The van der Waals surface area contributed by atoms with Gasteiger partial charge in [-0.3, -0.25) is 0 Å². The number of hydrogen-bond donors (Lipinski definition) is 1. The summed E-state index contributed by atoms with van der Waals surface area (Å²) < 4.78 is 0. The van der Waals surface area contributed by atoms with Crippen LogP contribution in [0.1, 0.15) is 50.2 Å². The molecule has 0 radical (unpaired) electrons. The minimum atomic E-state index is 0.616. The summed E-state index contributed by atoms with van der Waals surface area (Å²) in [5.74, 6) is 0. The largest absolute Gasteiger partial charge is 0.314 e. The van der Waals surface area contributed by atoms with E-state index < -0.39 is 0 Å². The highest BCUT2D eigenvalue weighted by Crippen LogP contribution is 2.13. The van der Waals surface area contributed by atoms with Gasteiger partial charge < -0.3 is 5.32 Å². The van der Waals surface area contributed by atoms with E-state index in [2.05, 4.69) is 36.5 Å². The van der Waals surface area contributed by atoms with Crippen LogP contribution in [0.3, 0.4) is 0 Å². The van der Waals surface area contributed by atoms with Crippen molar-refractivity contribution in [1.82, 2.24) is 10.3 Å².